The smallest absolute Gasteiger partial charge is 0.225 e. The normalized spacial score (nSPS) is 18.7. The lowest BCUT2D eigenvalue weighted by Crippen LogP contribution is -2.32. The fraction of sp³-hybridized carbons (Fsp3) is 0.429. The van der Waals surface area contributed by atoms with Crippen LogP contribution in [-0.2, 0) is 16.1 Å². The van der Waals surface area contributed by atoms with Gasteiger partial charge >= 0.3 is 0 Å². The van der Waals surface area contributed by atoms with Crippen molar-refractivity contribution in [2.45, 2.75) is 19.9 Å². The minimum Gasteiger partial charge on any atom is -0.351 e. The zero-order valence-corrected chi connectivity index (χ0v) is 11.8. The van der Waals surface area contributed by atoms with Gasteiger partial charge < -0.3 is 10.2 Å². The molecule has 19 heavy (non-hydrogen) atoms. The summed E-state index contributed by atoms with van der Waals surface area (Å²) in [6, 6.07) is 2.04. The fourth-order valence-corrected chi connectivity index (χ4v) is 3.02. The fourth-order valence-electron chi connectivity index (χ4n) is 2.18. The molecule has 0 aliphatic carbocycles. The summed E-state index contributed by atoms with van der Waals surface area (Å²) in [7, 11) is 0. The molecule has 2 amide bonds. The van der Waals surface area contributed by atoms with Gasteiger partial charge in [-0.3, -0.25) is 9.59 Å². The van der Waals surface area contributed by atoms with Crippen LogP contribution in [0.25, 0.3) is 0 Å². The lowest BCUT2D eigenvalue weighted by atomic mass is 10.1. The topological polar surface area (TPSA) is 49.4 Å². The molecule has 0 saturated carbocycles. The number of thiophene rings is 1. The van der Waals surface area contributed by atoms with Crippen molar-refractivity contribution in [1.29, 1.82) is 0 Å². The van der Waals surface area contributed by atoms with Crippen LogP contribution < -0.4 is 5.32 Å². The summed E-state index contributed by atoms with van der Waals surface area (Å²) in [6.45, 7) is 7.22. The van der Waals surface area contributed by atoms with Gasteiger partial charge in [-0.25, -0.2) is 0 Å². The third kappa shape index (κ3) is 3.23. The van der Waals surface area contributed by atoms with E-state index in [1.54, 1.807) is 22.3 Å². The van der Waals surface area contributed by atoms with Gasteiger partial charge in [0, 0.05) is 24.4 Å². The number of carbonyl (C=O) groups is 2. The van der Waals surface area contributed by atoms with Gasteiger partial charge in [0.1, 0.15) is 0 Å². The van der Waals surface area contributed by atoms with E-state index in [1.807, 2.05) is 18.4 Å². The van der Waals surface area contributed by atoms with Crippen molar-refractivity contribution in [2.75, 3.05) is 13.1 Å². The Bertz CT molecular complexity index is 495. The van der Waals surface area contributed by atoms with Crippen molar-refractivity contribution in [1.82, 2.24) is 10.2 Å². The molecule has 1 atom stereocenters. The van der Waals surface area contributed by atoms with Gasteiger partial charge in [-0.2, -0.15) is 0 Å². The summed E-state index contributed by atoms with van der Waals surface area (Å²) in [5.41, 5.74) is 1.20. The summed E-state index contributed by atoms with van der Waals surface area (Å²) in [5, 5.41) is 4.93. The largest absolute Gasteiger partial charge is 0.351 e. The summed E-state index contributed by atoms with van der Waals surface area (Å²) in [5.74, 6) is -0.229. The molecule has 5 heteroatoms. The van der Waals surface area contributed by atoms with Crippen molar-refractivity contribution in [3.8, 4) is 0 Å². The van der Waals surface area contributed by atoms with Crippen molar-refractivity contribution in [3.05, 3.63) is 34.5 Å². The lowest BCUT2D eigenvalue weighted by molar-refractivity contribution is -0.128. The SMILES string of the molecule is C=CCN1CC(C(=O)NCc2sccc2C)CC1=O. The highest BCUT2D eigenvalue weighted by Crippen LogP contribution is 2.19. The number of nitrogens with one attached hydrogen (secondary N) is 1. The van der Waals surface area contributed by atoms with Crippen molar-refractivity contribution in [2.24, 2.45) is 5.92 Å². The Morgan fingerprint density at radius 1 is 1.68 bits per heavy atom. The molecule has 1 saturated heterocycles. The first-order valence-electron chi connectivity index (χ1n) is 6.31. The van der Waals surface area contributed by atoms with E-state index in [0.29, 0.717) is 26.1 Å². The molecule has 1 aliphatic rings. The molecule has 0 spiro atoms. The Morgan fingerprint density at radius 2 is 2.47 bits per heavy atom. The van der Waals surface area contributed by atoms with Gasteiger partial charge in [0.05, 0.1) is 12.5 Å². The van der Waals surface area contributed by atoms with Crippen LogP contribution >= 0.6 is 11.3 Å². The monoisotopic (exact) mass is 278 g/mol. The molecule has 1 aliphatic heterocycles. The number of amides is 2. The predicted octanol–water partition coefficient (Wildman–Crippen LogP) is 1.71. The molecule has 1 N–H and O–H groups in total. The highest BCUT2D eigenvalue weighted by Gasteiger charge is 2.33. The minimum absolute atomic E-state index is 0.0345. The van der Waals surface area contributed by atoms with E-state index < -0.39 is 0 Å². The first-order chi connectivity index (χ1) is 9.11. The molecule has 0 radical (unpaired) electrons. The quantitative estimate of drug-likeness (QED) is 0.834. The summed E-state index contributed by atoms with van der Waals surface area (Å²) in [6.07, 6.45) is 2.00. The molecular weight excluding hydrogens is 260 g/mol. The van der Waals surface area contributed by atoms with E-state index in [2.05, 4.69) is 11.9 Å². The highest BCUT2D eigenvalue weighted by molar-refractivity contribution is 7.10. The number of rotatable bonds is 5. The summed E-state index contributed by atoms with van der Waals surface area (Å²) < 4.78 is 0. The van der Waals surface area contributed by atoms with E-state index in [0.717, 1.165) is 0 Å². The van der Waals surface area contributed by atoms with Gasteiger partial charge in [0.2, 0.25) is 11.8 Å². The van der Waals surface area contributed by atoms with Crippen LogP contribution in [-0.4, -0.2) is 29.8 Å². The van der Waals surface area contributed by atoms with Crippen molar-refractivity contribution in [3.63, 3.8) is 0 Å². The average Bonchev–Trinajstić information content (AvgIpc) is 2.94. The standard InChI is InChI=1S/C14H18N2O2S/c1-3-5-16-9-11(7-13(16)17)14(18)15-8-12-10(2)4-6-19-12/h3-4,6,11H,1,5,7-9H2,2H3,(H,15,18). The second kappa shape index (κ2) is 6.02. The van der Waals surface area contributed by atoms with Crippen LogP contribution in [0.3, 0.4) is 0 Å². The van der Waals surface area contributed by atoms with Crippen molar-refractivity contribution >= 4 is 23.2 Å². The Morgan fingerprint density at radius 3 is 3.11 bits per heavy atom. The summed E-state index contributed by atoms with van der Waals surface area (Å²) in [4.78, 5) is 26.5. The number of hydrogen-bond donors (Lipinski definition) is 1. The summed E-state index contributed by atoms with van der Waals surface area (Å²) >= 11 is 1.64. The first-order valence-corrected chi connectivity index (χ1v) is 7.19. The maximum Gasteiger partial charge on any atom is 0.225 e. The zero-order chi connectivity index (χ0) is 13.8. The Kier molecular flexibility index (Phi) is 4.37. The molecule has 4 nitrogen and oxygen atoms in total. The van der Waals surface area contributed by atoms with Crippen molar-refractivity contribution < 1.29 is 9.59 Å². The Labute approximate surface area is 117 Å². The van der Waals surface area contributed by atoms with Gasteiger partial charge in [-0.15, -0.1) is 17.9 Å². The van der Waals surface area contributed by atoms with Crippen LogP contribution in [0.2, 0.25) is 0 Å². The van der Waals surface area contributed by atoms with E-state index in [9.17, 15) is 9.59 Å². The maximum atomic E-state index is 12.0. The molecule has 0 bridgehead atoms. The highest BCUT2D eigenvalue weighted by atomic mass is 32.1. The average molecular weight is 278 g/mol. The van der Waals surface area contributed by atoms with Crippen LogP contribution in [0.1, 0.15) is 16.9 Å². The first kappa shape index (κ1) is 13.8. The second-order valence-electron chi connectivity index (χ2n) is 4.73. The molecular formula is C14H18N2O2S. The number of likely N-dealkylation sites (tertiary alicyclic amines) is 1. The maximum absolute atomic E-state index is 12.0. The van der Waals surface area contributed by atoms with E-state index >= 15 is 0 Å². The molecule has 1 aromatic rings. The Hall–Kier alpha value is -1.62. The van der Waals surface area contributed by atoms with E-state index in [-0.39, 0.29) is 17.7 Å². The Balaban J connectivity index is 1.86. The van der Waals surface area contributed by atoms with Gasteiger partial charge in [0.25, 0.3) is 0 Å². The second-order valence-corrected chi connectivity index (χ2v) is 5.73. The lowest BCUT2D eigenvalue weighted by Gasteiger charge is -2.14. The van der Waals surface area contributed by atoms with Gasteiger partial charge in [0.15, 0.2) is 0 Å². The number of hydrogen-bond acceptors (Lipinski definition) is 3. The van der Waals surface area contributed by atoms with Crippen LogP contribution in [0.4, 0.5) is 0 Å². The molecule has 2 rings (SSSR count). The van der Waals surface area contributed by atoms with Crippen LogP contribution in [0, 0.1) is 12.8 Å². The van der Waals surface area contributed by atoms with Crippen LogP contribution in [0.15, 0.2) is 24.1 Å². The predicted molar refractivity (Wildman–Crippen MR) is 75.8 cm³/mol. The molecule has 102 valence electrons. The number of carbonyl (C=O) groups excluding carboxylic acids is 2. The molecule has 0 aromatic carbocycles. The third-order valence-corrected chi connectivity index (χ3v) is 4.35. The molecule has 1 aromatic heterocycles. The molecule has 1 fully saturated rings. The third-order valence-electron chi connectivity index (χ3n) is 3.33. The van der Waals surface area contributed by atoms with E-state index in [1.165, 1.54) is 10.4 Å². The number of aryl methyl sites for hydroxylation is 1. The molecule has 1 unspecified atom stereocenters. The van der Waals surface area contributed by atoms with Crippen LogP contribution in [0.5, 0.6) is 0 Å². The minimum atomic E-state index is -0.229. The zero-order valence-electron chi connectivity index (χ0n) is 11.0. The van der Waals surface area contributed by atoms with Gasteiger partial charge in [-0.1, -0.05) is 6.08 Å². The van der Waals surface area contributed by atoms with E-state index in [4.69, 9.17) is 0 Å². The van der Waals surface area contributed by atoms with Gasteiger partial charge in [-0.05, 0) is 23.9 Å². The molecule has 2 heterocycles. The number of nitrogens with zero attached hydrogens (tertiary/aromatic N) is 1.